The van der Waals surface area contributed by atoms with Crippen LogP contribution in [-0.2, 0) is 13.6 Å². The third-order valence-corrected chi connectivity index (χ3v) is 5.65. The molecule has 1 fully saturated rings. The molecule has 2 aromatic carbocycles. The first-order valence-electron chi connectivity index (χ1n) is 9.38. The molecular weight excluding hydrogens is 341 g/mol. The maximum absolute atomic E-state index is 13.3. The van der Waals surface area contributed by atoms with Crippen molar-refractivity contribution < 1.29 is 4.39 Å². The van der Waals surface area contributed by atoms with Gasteiger partial charge in [0, 0.05) is 25.3 Å². The molecule has 4 nitrogen and oxygen atoms in total. The first-order valence-corrected chi connectivity index (χ1v) is 9.38. The Hall–Kier alpha value is -2.66. The fraction of sp³-hybridized carbons (Fsp3) is 0.318. The van der Waals surface area contributed by atoms with E-state index in [1.807, 2.05) is 61.1 Å². The Morgan fingerprint density at radius 3 is 2.48 bits per heavy atom. The number of likely N-dealkylation sites (tertiary alicyclic amines) is 1. The highest BCUT2D eigenvalue weighted by Crippen LogP contribution is 2.33. The zero-order valence-electron chi connectivity index (χ0n) is 15.7. The summed E-state index contributed by atoms with van der Waals surface area (Å²) in [5, 5.41) is 0. The second kappa shape index (κ2) is 7.16. The van der Waals surface area contributed by atoms with Crippen LogP contribution in [0.5, 0.6) is 0 Å². The standard InChI is InChI=1S/C22H24FN3O/c1-16-20(22(27)26(24(16)2)19-7-4-3-5-8-19)15-25-14-6-9-21(25)17-10-12-18(23)13-11-17/h3-5,7-8,10-13,21H,6,9,14-15H2,1-2H3/t21-/m0/s1. The fourth-order valence-corrected chi connectivity index (χ4v) is 4.09. The van der Waals surface area contributed by atoms with Crippen LogP contribution in [0, 0.1) is 12.7 Å². The number of para-hydroxylation sites is 1. The highest BCUT2D eigenvalue weighted by molar-refractivity contribution is 5.33. The van der Waals surface area contributed by atoms with Crippen LogP contribution in [0.25, 0.3) is 5.69 Å². The molecule has 1 aliphatic rings. The molecule has 1 aromatic heterocycles. The van der Waals surface area contributed by atoms with Gasteiger partial charge in [0.05, 0.1) is 11.3 Å². The van der Waals surface area contributed by atoms with Gasteiger partial charge in [-0.15, -0.1) is 0 Å². The molecule has 5 heteroatoms. The minimum absolute atomic E-state index is 0.0333. The van der Waals surface area contributed by atoms with E-state index in [1.165, 1.54) is 12.1 Å². The van der Waals surface area contributed by atoms with E-state index in [0.717, 1.165) is 41.9 Å². The van der Waals surface area contributed by atoms with Crippen molar-refractivity contribution in [1.82, 2.24) is 14.3 Å². The maximum atomic E-state index is 13.3. The van der Waals surface area contributed by atoms with Crippen LogP contribution in [0.3, 0.4) is 0 Å². The summed E-state index contributed by atoms with van der Waals surface area (Å²) >= 11 is 0. The Bertz CT molecular complexity index is 989. The van der Waals surface area contributed by atoms with Crippen LogP contribution in [0.4, 0.5) is 4.39 Å². The molecule has 0 spiro atoms. The average Bonchev–Trinajstić information content (AvgIpc) is 3.22. The summed E-state index contributed by atoms with van der Waals surface area (Å²) in [6, 6.07) is 16.7. The molecule has 0 aliphatic carbocycles. The van der Waals surface area contributed by atoms with Crippen LogP contribution < -0.4 is 5.56 Å². The van der Waals surface area contributed by atoms with Crippen molar-refractivity contribution in [2.75, 3.05) is 6.54 Å². The molecule has 27 heavy (non-hydrogen) atoms. The Kier molecular flexibility index (Phi) is 4.70. The smallest absolute Gasteiger partial charge is 0.276 e. The van der Waals surface area contributed by atoms with Crippen LogP contribution in [-0.4, -0.2) is 20.8 Å². The summed E-state index contributed by atoms with van der Waals surface area (Å²) in [4.78, 5) is 15.5. The highest BCUT2D eigenvalue weighted by atomic mass is 19.1. The van der Waals surface area contributed by atoms with Crippen LogP contribution in [0.15, 0.2) is 59.4 Å². The van der Waals surface area contributed by atoms with E-state index in [2.05, 4.69) is 4.90 Å². The molecule has 2 heterocycles. The third-order valence-electron chi connectivity index (χ3n) is 5.65. The second-order valence-corrected chi connectivity index (χ2v) is 7.22. The molecule has 1 aliphatic heterocycles. The fourth-order valence-electron chi connectivity index (χ4n) is 4.09. The summed E-state index contributed by atoms with van der Waals surface area (Å²) in [6.45, 7) is 3.56. The Labute approximate surface area is 158 Å². The van der Waals surface area contributed by atoms with E-state index in [9.17, 15) is 9.18 Å². The van der Waals surface area contributed by atoms with Crippen molar-refractivity contribution in [3.8, 4) is 5.69 Å². The van der Waals surface area contributed by atoms with Gasteiger partial charge in [0.25, 0.3) is 5.56 Å². The second-order valence-electron chi connectivity index (χ2n) is 7.22. The molecule has 0 N–H and O–H groups in total. The summed E-state index contributed by atoms with van der Waals surface area (Å²) < 4.78 is 16.9. The van der Waals surface area contributed by atoms with Crippen molar-refractivity contribution >= 4 is 0 Å². The van der Waals surface area contributed by atoms with Gasteiger partial charge in [-0.25, -0.2) is 9.07 Å². The summed E-state index contributed by atoms with van der Waals surface area (Å²) in [6.07, 6.45) is 2.12. The van der Waals surface area contributed by atoms with Gasteiger partial charge < -0.3 is 0 Å². The lowest BCUT2D eigenvalue weighted by Gasteiger charge is -2.24. The average molecular weight is 365 g/mol. The lowest BCUT2D eigenvalue weighted by atomic mass is 10.0. The molecule has 0 bridgehead atoms. The SMILES string of the molecule is Cc1c(CN2CCC[C@H]2c2ccc(F)cc2)c(=O)n(-c2ccccc2)n1C. The Morgan fingerprint density at radius 1 is 1.07 bits per heavy atom. The summed E-state index contributed by atoms with van der Waals surface area (Å²) in [7, 11) is 1.93. The zero-order valence-corrected chi connectivity index (χ0v) is 15.7. The van der Waals surface area contributed by atoms with Gasteiger partial charge in [0.2, 0.25) is 0 Å². The number of benzene rings is 2. The summed E-state index contributed by atoms with van der Waals surface area (Å²) in [5.74, 6) is -0.215. The van der Waals surface area contributed by atoms with E-state index in [-0.39, 0.29) is 17.4 Å². The molecule has 3 aromatic rings. The van der Waals surface area contributed by atoms with E-state index in [1.54, 1.807) is 4.68 Å². The first kappa shape index (κ1) is 17.7. The summed E-state index contributed by atoms with van der Waals surface area (Å²) in [5.41, 5.74) is 3.83. The van der Waals surface area contributed by atoms with Gasteiger partial charge in [0.1, 0.15) is 5.82 Å². The number of nitrogens with zero attached hydrogens (tertiary/aromatic N) is 3. The van der Waals surface area contributed by atoms with Crippen LogP contribution in [0.1, 0.15) is 35.7 Å². The van der Waals surface area contributed by atoms with Crippen molar-refractivity contribution in [3.63, 3.8) is 0 Å². The zero-order chi connectivity index (χ0) is 19.0. The van der Waals surface area contributed by atoms with Gasteiger partial charge in [-0.05, 0) is 56.1 Å². The molecular formula is C22H24FN3O. The van der Waals surface area contributed by atoms with Gasteiger partial charge >= 0.3 is 0 Å². The molecule has 0 unspecified atom stereocenters. The van der Waals surface area contributed by atoms with Crippen molar-refractivity contribution in [3.05, 3.63) is 87.6 Å². The monoisotopic (exact) mass is 365 g/mol. The number of aromatic nitrogens is 2. The van der Waals surface area contributed by atoms with Gasteiger partial charge in [-0.1, -0.05) is 30.3 Å². The Morgan fingerprint density at radius 2 is 1.78 bits per heavy atom. The van der Waals surface area contributed by atoms with E-state index >= 15 is 0 Å². The normalized spacial score (nSPS) is 17.5. The van der Waals surface area contributed by atoms with Gasteiger partial charge in [0.15, 0.2) is 0 Å². The van der Waals surface area contributed by atoms with Crippen molar-refractivity contribution in [1.29, 1.82) is 0 Å². The predicted octanol–water partition coefficient (Wildman–Crippen LogP) is 3.96. The van der Waals surface area contributed by atoms with E-state index < -0.39 is 0 Å². The number of hydrogen-bond donors (Lipinski definition) is 0. The number of hydrogen-bond acceptors (Lipinski definition) is 2. The molecule has 0 saturated carbocycles. The van der Waals surface area contributed by atoms with Crippen molar-refractivity contribution in [2.45, 2.75) is 32.4 Å². The molecule has 0 amide bonds. The van der Waals surface area contributed by atoms with Crippen molar-refractivity contribution in [2.24, 2.45) is 7.05 Å². The molecule has 1 atom stereocenters. The van der Waals surface area contributed by atoms with Crippen LogP contribution in [0.2, 0.25) is 0 Å². The topological polar surface area (TPSA) is 30.2 Å². The molecule has 1 saturated heterocycles. The van der Waals surface area contributed by atoms with E-state index in [4.69, 9.17) is 0 Å². The molecule has 140 valence electrons. The lowest BCUT2D eigenvalue weighted by Crippen LogP contribution is -2.27. The van der Waals surface area contributed by atoms with Gasteiger partial charge in [-0.3, -0.25) is 14.4 Å². The quantitative estimate of drug-likeness (QED) is 0.701. The van der Waals surface area contributed by atoms with E-state index in [0.29, 0.717) is 6.54 Å². The number of halogens is 1. The number of rotatable bonds is 4. The first-order chi connectivity index (χ1) is 13.1. The minimum atomic E-state index is -0.215. The highest BCUT2D eigenvalue weighted by Gasteiger charge is 2.28. The minimum Gasteiger partial charge on any atom is -0.292 e. The largest absolute Gasteiger partial charge is 0.292 e. The Balaban J connectivity index is 1.66. The molecule has 4 rings (SSSR count). The lowest BCUT2D eigenvalue weighted by molar-refractivity contribution is 0.247. The predicted molar refractivity (Wildman–Crippen MR) is 105 cm³/mol. The van der Waals surface area contributed by atoms with Crippen LogP contribution >= 0.6 is 0 Å². The third kappa shape index (κ3) is 3.23. The molecule has 0 radical (unpaired) electrons. The maximum Gasteiger partial charge on any atom is 0.276 e. The van der Waals surface area contributed by atoms with Gasteiger partial charge in [-0.2, -0.15) is 0 Å².